The van der Waals surface area contributed by atoms with E-state index in [9.17, 15) is 5.26 Å². The molecule has 0 saturated carbocycles. The predicted octanol–water partition coefficient (Wildman–Crippen LogP) is 1.54. The topological polar surface area (TPSA) is 141 Å². The second kappa shape index (κ2) is 5.14. The molecular formula is C14H11N7O. The van der Waals surface area contributed by atoms with Crippen LogP contribution in [0.3, 0.4) is 0 Å². The van der Waals surface area contributed by atoms with E-state index in [1.807, 2.05) is 12.1 Å². The third kappa shape index (κ3) is 2.31. The monoisotopic (exact) mass is 293 g/mol. The number of aromatic nitrogens is 4. The first kappa shape index (κ1) is 13.5. The molecule has 1 aromatic carbocycles. The van der Waals surface area contributed by atoms with Gasteiger partial charge in [-0.25, -0.2) is 4.98 Å². The number of nitriles is 1. The summed E-state index contributed by atoms with van der Waals surface area (Å²) in [5, 5.41) is 13.0. The number of hydrogen-bond donors (Lipinski definition) is 2. The van der Waals surface area contributed by atoms with Crippen molar-refractivity contribution in [2.45, 2.75) is 6.92 Å². The van der Waals surface area contributed by atoms with Gasteiger partial charge in [-0.15, -0.1) is 0 Å². The highest BCUT2D eigenvalue weighted by Crippen LogP contribution is 2.28. The van der Waals surface area contributed by atoms with E-state index in [0.717, 1.165) is 0 Å². The summed E-state index contributed by atoms with van der Waals surface area (Å²) in [5.41, 5.74) is 13.3. The minimum Gasteiger partial charge on any atom is -0.382 e. The summed E-state index contributed by atoms with van der Waals surface area (Å²) >= 11 is 0. The maximum Gasteiger partial charge on any atom is 0.257 e. The molecule has 0 atom stereocenters. The van der Waals surface area contributed by atoms with Crippen LogP contribution in [0.2, 0.25) is 0 Å². The number of nitrogens with two attached hydrogens (primary N) is 2. The Morgan fingerprint density at radius 1 is 1.14 bits per heavy atom. The molecule has 2 aromatic heterocycles. The lowest BCUT2D eigenvalue weighted by Crippen LogP contribution is -2.05. The lowest BCUT2D eigenvalue weighted by atomic mass is 10.0. The lowest BCUT2D eigenvalue weighted by Gasteiger charge is -2.07. The molecule has 0 amide bonds. The van der Waals surface area contributed by atoms with E-state index >= 15 is 0 Å². The molecule has 8 heteroatoms. The smallest absolute Gasteiger partial charge is 0.257 e. The predicted molar refractivity (Wildman–Crippen MR) is 79.0 cm³/mol. The normalized spacial score (nSPS) is 10.4. The minimum atomic E-state index is 0.00513. The van der Waals surface area contributed by atoms with Crippen LogP contribution in [0.5, 0.6) is 0 Å². The van der Waals surface area contributed by atoms with Crippen LogP contribution in [0.1, 0.15) is 11.4 Å². The zero-order chi connectivity index (χ0) is 15.7. The Labute approximate surface area is 125 Å². The van der Waals surface area contributed by atoms with Gasteiger partial charge in [-0.1, -0.05) is 17.3 Å². The van der Waals surface area contributed by atoms with Crippen molar-refractivity contribution in [3.63, 3.8) is 0 Å². The van der Waals surface area contributed by atoms with Gasteiger partial charge in [0.25, 0.3) is 5.89 Å². The second-order valence-electron chi connectivity index (χ2n) is 4.53. The van der Waals surface area contributed by atoms with Gasteiger partial charge in [-0.2, -0.15) is 15.2 Å². The number of nitrogen functional groups attached to an aromatic ring is 2. The second-order valence-corrected chi connectivity index (χ2v) is 4.53. The maximum atomic E-state index is 9.25. The first-order valence-electron chi connectivity index (χ1n) is 6.32. The highest BCUT2D eigenvalue weighted by Gasteiger charge is 2.15. The van der Waals surface area contributed by atoms with E-state index in [2.05, 4.69) is 20.1 Å². The van der Waals surface area contributed by atoms with Crippen molar-refractivity contribution in [2.75, 3.05) is 11.5 Å². The van der Waals surface area contributed by atoms with Gasteiger partial charge in [0.05, 0.1) is 5.69 Å². The number of rotatable bonds is 2. The highest BCUT2D eigenvalue weighted by atomic mass is 16.5. The molecule has 3 rings (SSSR count). The van der Waals surface area contributed by atoms with Gasteiger partial charge in [-0.05, 0) is 19.1 Å². The van der Waals surface area contributed by atoms with E-state index in [1.165, 1.54) is 0 Å². The van der Waals surface area contributed by atoms with Crippen molar-refractivity contribution in [1.82, 2.24) is 20.1 Å². The van der Waals surface area contributed by atoms with Crippen molar-refractivity contribution in [1.29, 1.82) is 5.26 Å². The van der Waals surface area contributed by atoms with Crippen LogP contribution in [-0.4, -0.2) is 20.1 Å². The average molecular weight is 293 g/mol. The molecular weight excluding hydrogens is 282 g/mol. The SMILES string of the molecule is Cc1noc(-c2cccc(-c3nc(N)nc(N)c3C#N)c2)n1. The van der Waals surface area contributed by atoms with Crippen molar-refractivity contribution in [3.05, 3.63) is 35.7 Å². The zero-order valence-electron chi connectivity index (χ0n) is 11.6. The van der Waals surface area contributed by atoms with Crippen LogP contribution in [0.15, 0.2) is 28.8 Å². The van der Waals surface area contributed by atoms with Crippen molar-refractivity contribution in [3.8, 4) is 28.8 Å². The highest BCUT2D eigenvalue weighted by molar-refractivity contribution is 5.75. The standard InChI is InChI=1S/C14H11N7O/c1-7-18-13(22-21-7)9-4-2-3-8(5-9)11-10(6-15)12(16)20-14(17)19-11/h2-5H,1H3,(H4,16,17,19,20). The Hall–Kier alpha value is -3.47. The van der Waals surface area contributed by atoms with Gasteiger partial charge in [0.15, 0.2) is 5.82 Å². The lowest BCUT2D eigenvalue weighted by molar-refractivity contribution is 0.425. The van der Waals surface area contributed by atoms with Crippen LogP contribution in [-0.2, 0) is 0 Å². The van der Waals surface area contributed by atoms with E-state index in [1.54, 1.807) is 25.1 Å². The Kier molecular flexibility index (Phi) is 3.16. The fourth-order valence-corrected chi connectivity index (χ4v) is 2.03. The fraction of sp³-hybridized carbons (Fsp3) is 0.0714. The van der Waals surface area contributed by atoms with Crippen molar-refractivity contribution < 1.29 is 4.52 Å². The molecule has 0 aliphatic carbocycles. The van der Waals surface area contributed by atoms with E-state index in [4.69, 9.17) is 16.0 Å². The molecule has 0 radical (unpaired) electrons. The number of nitrogens with zero attached hydrogens (tertiary/aromatic N) is 5. The fourth-order valence-electron chi connectivity index (χ4n) is 2.03. The number of anilines is 2. The summed E-state index contributed by atoms with van der Waals surface area (Å²) in [7, 11) is 0. The maximum absolute atomic E-state index is 9.25. The third-order valence-electron chi connectivity index (χ3n) is 2.98. The quantitative estimate of drug-likeness (QED) is 0.724. The molecule has 0 spiro atoms. The van der Waals surface area contributed by atoms with Crippen LogP contribution < -0.4 is 11.5 Å². The van der Waals surface area contributed by atoms with Crippen molar-refractivity contribution in [2.24, 2.45) is 0 Å². The van der Waals surface area contributed by atoms with Crippen LogP contribution >= 0.6 is 0 Å². The van der Waals surface area contributed by atoms with Gasteiger partial charge in [0, 0.05) is 11.1 Å². The Morgan fingerprint density at radius 3 is 2.59 bits per heavy atom. The van der Waals surface area contributed by atoms with Crippen molar-refractivity contribution >= 4 is 11.8 Å². The summed E-state index contributed by atoms with van der Waals surface area (Å²) in [6.45, 7) is 1.73. The molecule has 3 aromatic rings. The van der Waals surface area contributed by atoms with Gasteiger partial charge in [0.2, 0.25) is 5.95 Å². The summed E-state index contributed by atoms with van der Waals surface area (Å²) in [6.07, 6.45) is 0. The van der Waals surface area contributed by atoms with Gasteiger partial charge in [-0.3, -0.25) is 0 Å². The molecule has 8 nitrogen and oxygen atoms in total. The molecule has 2 heterocycles. The largest absolute Gasteiger partial charge is 0.382 e. The first-order valence-corrected chi connectivity index (χ1v) is 6.32. The molecule has 0 bridgehead atoms. The minimum absolute atomic E-state index is 0.00513. The first-order chi connectivity index (χ1) is 10.6. The molecule has 0 aliphatic heterocycles. The Balaban J connectivity index is 2.16. The molecule has 0 unspecified atom stereocenters. The van der Waals surface area contributed by atoms with E-state index in [0.29, 0.717) is 28.5 Å². The number of hydrogen-bond acceptors (Lipinski definition) is 8. The van der Waals surface area contributed by atoms with Gasteiger partial charge < -0.3 is 16.0 Å². The summed E-state index contributed by atoms with van der Waals surface area (Å²) in [5.74, 6) is 0.969. The van der Waals surface area contributed by atoms with Crippen LogP contribution in [0, 0.1) is 18.3 Å². The molecule has 0 fully saturated rings. The summed E-state index contributed by atoms with van der Waals surface area (Å²) in [6, 6.07) is 9.16. The zero-order valence-corrected chi connectivity index (χ0v) is 11.6. The Bertz CT molecular complexity index is 894. The van der Waals surface area contributed by atoms with Gasteiger partial charge in [0.1, 0.15) is 17.5 Å². The Morgan fingerprint density at radius 2 is 1.91 bits per heavy atom. The molecule has 0 aliphatic rings. The summed E-state index contributed by atoms with van der Waals surface area (Å²) in [4.78, 5) is 12.1. The molecule has 4 N–H and O–H groups in total. The van der Waals surface area contributed by atoms with E-state index < -0.39 is 0 Å². The van der Waals surface area contributed by atoms with Crippen LogP contribution in [0.4, 0.5) is 11.8 Å². The summed E-state index contributed by atoms with van der Waals surface area (Å²) < 4.78 is 5.14. The molecule has 108 valence electrons. The molecule has 22 heavy (non-hydrogen) atoms. The van der Waals surface area contributed by atoms with E-state index in [-0.39, 0.29) is 17.3 Å². The van der Waals surface area contributed by atoms with Crippen LogP contribution in [0.25, 0.3) is 22.7 Å². The molecule has 0 saturated heterocycles. The van der Waals surface area contributed by atoms with Gasteiger partial charge >= 0.3 is 0 Å². The average Bonchev–Trinajstić information content (AvgIpc) is 2.93. The third-order valence-corrected chi connectivity index (χ3v) is 2.98. The number of aryl methyl sites for hydroxylation is 1. The number of benzene rings is 1.